The predicted octanol–water partition coefficient (Wildman–Crippen LogP) is 3.55. The molecule has 1 saturated heterocycles. The van der Waals surface area contributed by atoms with Crippen molar-refractivity contribution in [2.75, 3.05) is 26.0 Å². The van der Waals surface area contributed by atoms with E-state index in [0.717, 1.165) is 59.6 Å². The van der Waals surface area contributed by atoms with Crippen LogP contribution in [0.2, 0.25) is 0 Å². The van der Waals surface area contributed by atoms with Gasteiger partial charge >= 0.3 is 0 Å². The second-order valence-electron chi connectivity index (χ2n) is 6.35. The molecule has 6 heteroatoms. The number of anilines is 1. The number of nitrogens with two attached hydrogens (primary N) is 1. The summed E-state index contributed by atoms with van der Waals surface area (Å²) in [5, 5.41) is 6.37. The van der Waals surface area contributed by atoms with Gasteiger partial charge in [-0.3, -0.25) is 0 Å². The number of aromatic nitrogens is 2. The molecule has 1 fully saturated rings. The van der Waals surface area contributed by atoms with Gasteiger partial charge < -0.3 is 15.8 Å². The Balaban J connectivity index is 1.82. The van der Waals surface area contributed by atoms with Crippen LogP contribution in [0, 0.1) is 0 Å². The average molecular weight is 354 g/mol. The van der Waals surface area contributed by atoms with Crippen LogP contribution in [0.1, 0.15) is 29.3 Å². The van der Waals surface area contributed by atoms with Crippen LogP contribution in [-0.2, 0) is 11.3 Å². The molecule has 0 spiro atoms. The van der Waals surface area contributed by atoms with Gasteiger partial charge in [-0.1, -0.05) is 24.3 Å². The molecule has 1 aromatic carbocycles. The summed E-state index contributed by atoms with van der Waals surface area (Å²) in [7, 11) is 1.97. The summed E-state index contributed by atoms with van der Waals surface area (Å²) >= 11 is 1.79. The third kappa shape index (κ3) is 3.13. The van der Waals surface area contributed by atoms with Gasteiger partial charge in [-0.15, -0.1) is 11.3 Å². The first-order valence-corrected chi connectivity index (χ1v) is 9.45. The minimum atomic E-state index is 0.538. The summed E-state index contributed by atoms with van der Waals surface area (Å²) in [6.07, 6.45) is 3.99. The lowest BCUT2D eigenvalue weighted by Crippen LogP contribution is -2.16. The standard InChI is InChI=1S/C19H22N4OS/c1-21-11-16-17(12-6-8-24-9-7-12)25-19(23-16)15-10-22-18(20)14-5-3-2-4-13(14)15/h2-5,10,12,21H,6-9,11H2,1H3,(H2,20,22). The van der Waals surface area contributed by atoms with Crippen LogP contribution in [0.5, 0.6) is 0 Å². The van der Waals surface area contributed by atoms with E-state index in [1.54, 1.807) is 11.3 Å². The van der Waals surface area contributed by atoms with Gasteiger partial charge in [0, 0.05) is 41.8 Å². The summed E-state index contributed by atoms with van der Waals surface area (Å²) in [5.41, 5.74) is 8.26. The number of rotatable bonds is 4. The highest BCUT2D eigenvalue weighted by Crippen LogP contribution is 2.39. The van der Waals surface area contributed by atoms with Crippen molar-refractivity contribution in [1.29, 1.82) is 0 Å². The molecule has 0 radical (unpaired) electrons. The maximum Gasteiger partial charge on any atom is 0.131 e. The van der Waals surface area contributed by atoms with Gasteiger partial charge in [-0.05, 0) is 31.2 Å². The van der Waals surface area contributed by atoms with E-state index in [9.17, 15) is 0 Å². The monoisotopic (exact) mass is 354 g/mol. The van der Waals surface area contributed by atoms with Gasteiger partial charge in [-0.2, -0.15) is 0 Å². The van der Waals surface area contributed by atoms with Crippen LogP contribution in [0.15, 0.2) is 30.5 Å². The van der Waals surface area contributed by atoms with Crippen molar-refractivity contribution in [3.05, 3.63) is 41.0 Å². The minimum Gasteiger partial charge on any atom is -0.383 e. The third-order valence-electron chi connectivity index (χ3n) is 4.72. The van der Waals surface area contributed by atoms with Crippen LogP contribution in [0.3, 0.4) is 0 Å². The highest BCUT2D eigenvalue weighted by Gasteiger charge is 2.23. The van der Waals surface area contributed by atoms with Crippen LogP contribution in [-0.4, -0.2) is 30.2 Å². The van der Waals surface area contributed by atoms with Crippen molar-refractivity contribution in [3.8, 4) is 10.6 Å². The molecule has 3 aromatic rings. The zero-order valence-corrected chi connectivity index (χ0v) is 15.1. The molecular formula is C19H22N4OS. The number of nitrogens with zero attached hydrogens (tertiary/aromatic N) is 2. The number of fused-ring (bicyclic) bond motifs is 1. The van der Waals surface area contributed by atoms with Gasteiger partial charge in [0.25, 0.3) is 0 Å². The number of hydrogen-bond donors (Lipinski definition) is 2. The second kappa shape index (κ2) is 7.07. The molecule has 25 heavy (non-hydrogen) atoms. The SMILES string of the molecule is CNCc1nc(-c2cnc(N)c3ccccc23)sc1C1CCOCC1. The Bertz CT molecular complexity index is 886. The lowest BCUT2D eigenvalue weighted by Gasteiger charge is -2.21. The number of hydrogen-bond acceptors (Lipinski definition) is 6. The van der Waals surface area contributed by atoms with Crippen LogP contribution in [0.4, 0.5) is 5.82 Å². The van der Waals surface area contributed by atoms with E-state index in [2.05, 4.69) is 16.4 Å². The van der Waals surface area contributed by atoms with E-state index >= 15 is 0 Å². The summed E-state index contributed by atoms with van der Waals surface area (Å²) < 4.78 is 5.53. The van der Waals surface area contributed by atoms with Gasteiger partial charge in [0.2, 0.25) is 0 Å². The van der Waals surface area contributed by atoms with Crippen LogP contribution >= 0.6 is 11.3 Å². The molecule has 130 valence electrons. The summed E-state index contributed by atoms with van der Waals surface area (Å²) in [5.74, 6) is 1.10. The van der Waals surface area contributed by atoms with Crippen LogP contribution in [0.25, 0.3) is 21.3 Å². The highest BCUT2D eigenvalue weighted by molar-refractivity contribution is 7.15. The van der Waals surface area contributed by atoms with Gasteiger partial charge in [0.05, 0.1) is 5.69 Å². The smallest absolute Gasteiger partial charge is 0.131 e. The molecule has 0 saturated carbocycles. The summed E-state index contributed by atoms with van der Waals surface area (Å²) in [6, 6.07) is 8.14. The maximum absolute atomic E-state index is 6.05. The fourth-order valence-corrected chi connectivity index (χ4v) is 4.71. The maximum atomic E-state index is 6.05. The molecular weight excluding hydrogens is 332 g/mol. The molecule has 5 nitrogen and oxygen atoms in total. The number of nitrogens with one attached hydrogen (secondary N) is 1. The van der Waals surface area contributed by atoms with E-state index in [0.29, 0.717) is 11.7 Å². The van der Waals surface area contributed by atoms with E-state index in [1.165, 1.54) is 4.88 Å². The predicted molar refractivity (Wildman–Crippen MR) is 103 cm³/mol. The van der Waals surface area contributed by atoms with Crippen molar-refractivity contribution >= 4 is 27.9 Å². The van der Waals surface area contributed by atoms with Crippen molar-refractivity contribution in [2.45, 2.75) is 25.3 Å². The quantitative estimate of drug-likeness (QED) is 0.749. The Morgan fingerprint density at radius 3 is 2.76 bits per heavy atom. The summed E-state index contributed by atoms with van der Waals surface area (Å²) in [6.45, 7) is 2.45. The van der Waals surface area contributed by atoms with Crippen molar-refractivity contribution < 1.29 is 4.74 Å². The van der Waals surface area contributed by atoms with Crippen molar-refractivity contribution in [1.82, 2.24) is 15.3 Å². The number of pyridine rings is 1. The number of ether oxygens (including phenoxy) is 1. The number of benzene rings is 1. The zero-order valence-electron chi connectivity index (χ0n) is 14.3. The van der Waals surface area contributed by atoms with E-state index in [1.807, 2.05) is 31.4 Å². The Hall–Kier alpha value is -2.02. The van der Waals surface area contributed by atoms with Crippen molar-refractivity contribution in [3.63, 3.8) is 0 Å². The lowest BCUT2D eigenvalue weighted by molar-refractivity contribution is 0.0858. The molecule has 0 aliphatic carbocycles. The summed E-state index contributed by atoms with van der Waals surface area (Å²) in [4.78, 5) is 10.7. The number of nitrogen functional groups attached to an aromatic ring is 1. The van der Waals surface area contributed by atoms with Gasteiger partial charge in [-0.25, -0.2) is 9.97 Å². The topological polar surface area (TPSA) is 73.1 Å². The lowest BCUT2D eigenvalue weighted by atomic mass is 9.97. The molecule has 0 bridgehead atoms. The highest BCUT2D eigenvalue weighted by atomic mass is 32.1. The Kier molecular flexibility index (Phi) is 4.65. The Labute approximate surface area is 151 Å². The van der Waals surface area contributed by atoms with E-state index in [4.69, 9.17) is 15.5 Å². The molecule has 0 amide bonds. The first kappa shape index (κ1) is 16.4. The first-order valence-electron chi connectivity index (χ1n) is 8.63. The average Bonchev–Trinajstić information content (AvgIpc) is 3.07. The molecule has 0 atom stereocenters. The molecule has 0 unspecified atom stereocenters. The fourth-order valence-electron chi connectivity index (χ4n) is 3.44. The van der Waals surface area contributed by atoms with E-state index in [-0.39, 0.29) is 0 Å². The largest absolute Gasteiger partial charge is 0.383 e. The first-order chi connectivity index (χ1) is 12.3. The molecule has 3 N–H and O–H groups in total. The third-order valence-corrected chi connectivity index (χ3v) is 6.01. The molecule has 1 aliphatic heterocycles. The van der Waals surface area contributed by atoms with Gasteiger partial charge in [0.1, 0.15) is 10.8 Å². The van der Waals surface area contributed by atoms with Crippen molar-refractivity contribution in [2.24, 2.45) is 0 Å². The molecule has 2 aromatic heterocycles. The van der Waals surface area contributed by atoms with Crippen LogP contribution < -0.4 is 11.1 Å². The zero-order chi connectivity index (χ0) is 17.2. The molecule has 4 rings (SSSR count). The Morgan fingerprint density at radius 2 is 2.00 bits per heavy atom. The normalized spacial score (nSPS) is 15.7. The fraction of sp³-hybridized carbons (Fsp3) is 0.368. The minimum absolute atomic E-state index is 0.538. The second-order valence-corrected chi connectivity index (χ2v) is 7.38. The molecule has 3 heterocycles. The van der Waals surface area contributed by atoms with Gasteiger partial charge in [0.15, 0.2) is 0 Å². The Morgan fingerprint density at radius 1 is 1.24 bits per heavy atom. The van der Waals surface area contributed by atoms with E-state index < -0.39 is 0 Å². The molecule has 1 aliphatic rings. The number of thiazole rings is 1.